The summed E-state index contributed by atoms with van der Waals surface area (Å²) in [6.07, 6.45) is 0. The maximum atomic E-state index is 13.7. The van der Waals surface area contributed by atoms with E-state index in [1.165, 1.54) is 30.9 Å². The number of anilines is 1. The molecule has 10 heteroatoms. The van der Waals surface area contributed by atoms with Crippen LogP contribution in [0.4, 0.5) is 5.69 Å². The maximum absolute atomic E-state index is 13.7. The van der Waals surface area contributed by atoms with Crippen molar-refractivity contribution < 1.29 is 19.1 Å². The Kier molecular flexibility index (Phi) is 8.14. The smallest absolute Gasteiger partial charge is 0.332 e. The predicted octanol–water partition coefficient (Wildman–Crippen LogP) is 3.01. The average molecular weight is 531 g/mol. The fourth-order valence-electron chi connectivity index (χ4n) is 4.19. The molecule has 202 valence electrons. The van der Waals surface area contributed by atoms with Gasteiger partial charge in [-0.25, -0.2) is 4.79 Å². The van der Waals surface area contributed by atoms with E-state index in [0.29, 0.717) is 28.3 Å². The van der Waals surface area contributed by atoms with E-state index in [1.54, 1.807) is 48.5 Å². The van der Waals surface area contributed by atoms with E-state index in [4.69, 9.17) is 9.47 Å². The van der Waals surface area contributed by atoms with E-state index in [2.05, 4.69) is 10.6 Å². The van der Waals surface area contributed by atoms with Crippen LogP contribution < -0.4 is 31.4 Å². The quantitative estimate of drug-likeness (QED) is 0.343. The molecule has 0 aliphatic rings. The zero-order valence-electron chi connectivity index (χ0n) is 22.2. The van der Waals surface area contributed by atoms with Crippen molar-refractivity contribution in [3.05, 3.63) is 98.7 Å². The Morgan fingerprint density at radius 3 is 2.13 bits per heavy atom. The molecule has 39 heavy (non-hydrogen) atoms. The highest BCUT2D eigenvalue weighted by Gasteiger charge is 2.19. The highest BCUT2D eigenvalue weighted by atomic mass is 16.5. The van der Waals surface area contributed by atoms with Crippen LogP contribution in [0.25, 0.3) is 10.9 Å². The lowest BCUT2D eigenvalue weighted by Crippen LogP contribution is -2.42. The molecule has 4 rings (SSSR count). The van der Waals surface area contributed by atoms with Gasteiger partial charge in [0.1, 0.15) is 6.54 Å². The molecule has 2 amide bonds. The summed E-state index contributed by atoms with van der Waals surface area (Å²) in [6.45, 7) is 3.34. The van der Waals surface area contributed by atoms with Gasteiger partial charge in [0.25, 0.3) is 11.5 Å². The van der Waals surface area contributed by atoms with Crippen LogP contribution in [-0.4, -0.2) is 41.2 Å². The summed E-state index contributed by atoms with van der Waals surface area (Å²) in [4.78, 5) is 52.4. The number of methoxy groups -OCH3 is 2. The van der Waals surface area contributed by atoms with Crippen molar-refractivity contribution in [1.82, 2.24) is 14.5 Å². The minimum atomic E-state index is -0.662. The molecule has 0 atom stereocenters. The molecule has 0 fully saturated rings. The molecule has 0 saturated carbocycles. The Hall–Kier alpha value is -4.86. The first-order valence-corrected chi connectivity index (χ1v) is 12.4. The molecule has 0 unspecified atom stereocenters. The highest BCUT2D eigenvalue weighted by molar-refractivity contribution is 5.94. The number of nitrogens with zero attached hydrogens (tertiary/aromatic N) is 2. The van der Waals surface area contributed by atoms with E-state index in [-0.39, 0.29) is 35.9 Å². The molecule has 0 aliphatic carbocycles. The molecule has 2 N–H and O–H groups in total. The number of aromatic nitrogens is 2. The van der Waals surface area contributed by atoms with Crippen molar-refractivity contribution in [3.8, 4) is 11.5 Å². The molecule has 0 radical (unpaired) electrons. The lowest BCUT2D eigenvalue weighted by molar-refractivity contribution is -0.116. The average Bonchev–Trinajstić information content (AvgIpc) is 2.93. The predicted molar refractivity (Wildman–Crippen MR) is 149 cm³/mol. The second kappa shape index (κ2) is 11.7. The number of carbonyl (C=O) groups is 2. The molecule has 0 aliphatic heterocycles. The van der Waals surface area contributed by atoms with Gasteiger partial charge in [-0.1, -0.05) is 30.3 Å². The normalized spacial score (nSPS) is 10.9. The van der Waals surface area contributed by atoms with Crippen LogP contribution in [0, 0.1) is 0 Å². The van der Waals surface area contributed by atoms with Crippen LogP contribution in [0.3, 0.4) is 0 Å². The molecule has 10 nitrogen and oxygen atoms in total. The fraction of sp³-hybridized carbons (Fsp3) is 0.241. The van der Waals surface area contributed by atoms with Crippen LogP contribution in [0.5, 0.6) is 11.5 Å². The molecule has 1 aromatic heterocycles. The van der Waals surface area contributed by atoms with E-state index in [0.717, 1.165) is 4.57 Å². The van der Waals surface area contributed by atoms with E-state index in [9.17, 15) is 19.2 Å². The molecule has 1 heterocycles. The van der Waals surface area contributed by atoms with Crippen molar-refractivity contribution in [2.75, 3.05) is 19.5 Å². The summed E-state index contributed by atoms with van der Waals surface area (Å²) in [5.74, 6) is -0.0283. The second-order valence-electron chi connectivity index (χ2n) is 9.22. The van der Waals surface area contributed by atoms with Gasteiger partial charge in [0, 0.05) is 23.4 Å². The number of hydrogen-bond acceptors (Lipinski definition) is 6. The Morgan fingerprint density at radius 1 is 0.872 bits per heavy atom. The van der Waals surface area contributed by atoms with Gasteiger partial charge in [-0.05, 0) is 49.7 Å². The number of hydrogen-bond donors (Lipinski definition) is 2. The maximum Gasteiger partial charge on any atom is 0.332 e. The Labute approximate surface area is 224 Å². The lowest BCUT2D eigenvalue weighted by Gasteiger charge is -2.16. The third-order valence-corrected chi connectivity index (χ3v) is 6.07. The van der Waals surface area contributed by atoms with Gasteiger partial charge in [0.2, 0.25) is 5.91 Å². The number of amides is 2. The first-order chi connectivity index (χ1) is 18.7. The number of fused-ring (bicyclic) bond motifs is 1. The third kappa shape index (κ3) is 6.01. The Balaban J connectivity index is 1.78. The van der Waals surface area contributed by atoms with Gasteiger partial charge in [-0.2, -0.15) is 0 Å². The largest absolute Gasteiger partial charge is 0.493 e. The highest BCUT2D eigenvalue weighted by Crippen LogP contribution is 2.30. The van der Waals surface area contributed by atoms with Gasteiger partial charge < -0.3 is 20.1 Å². The third-order valence-electron chi connectivity index (χ3n) is 6.07. The lowest BCUT2D eigenvalue weighted by atomic mass is 10.1. The first-order valence-electron chi connectivity index (χ1n) is 12.4. The minimum absolute atomic E-state index is 0.0125. The van der Waals surface area contributed by atoms with E-state index >= 15 is 0 Å². The van der Waals surface area contributed by atoms with Crippen LogP contribution in [0.1, 0.15) is 29.8 Å². The number of carbonyl (C=O) groups excluding carboxylic acids is 2. The van der Waals surface area contributed by atoms with Crippen molar-refractivity contribution in [2.45, 2.75) is 33.0 Å². The zero-order valence-corrected chi connectivity index (χ0v) is 22.2. The summed E-state index contributed by atoms with van der Waals surface area (Å²) in [5.41, 5.74) is 0.708. The van der Waals surface area contributed by atoms with Crippen LogP contribution in [0.15, 0.2) is 76.3 Å². The second-order valence-corrected chi connectivity index (χ2v) is 9.22. The van der Waals surface area contributed by atoms with Gasteiger partial charge in [0.05, 0.1) is 31.7 Å². The van der Waals surface area contributed by atoms with Crippen LogP contribution in [-0.2, 0) is 17.9 Å². The van der Waals surface area contributed by atoms with Crippen molar-refractivity contribution in [2.24, 2.45) is 0 Å². The van der Waals surface area contributed by atoms with Gasteiger partial charge in [-0.15, -0.1) is 0 Å². The molecule has 0 saturated heterocycles. The van der Waals surface area contributed by atoms with Crippen molar-refractivity contribution in [1.29, 1.82) is 0 Å². The summed E-state index contributed by atoms with van der Waals surface area (Å²) < 4.78 is 13.1. The van der Waals surface area contributed by atoms with Gasteiger partial charge in [0.15, 0.2) is 11.5 Å². The van der Waals surface area contributed by atoms with Crippen LogP contribution >= 0.6 is 0 Å². The number of rotatable bonds is 9. The molecular weight excluding hydrogens is 500 g/mol. The number of para-hydroxylation sites is 1. The van der Waals surface area contributed by atoms with Gasteiger partial charge in [-0.3, -0.25) is 23.5 Å². The summed E-state index contributed by atoms with van der Waals surface area (Å²) >= 11 is 0. The Morgan fingerprint density at radius 2 is 1.51 bits per heavy atom. The summed E-state index contributed by atoms with van der Waals surface area (Å²) in [7, 11) is 2.89. The van der Waals surface area contributed by atoms with E-state index in [1.807, 2.05) is 19.9 Å². The Bertz CT molecular complexity index is 1620. The summed E-state index contributed by atoms with van der Waals surface area (Å²) in [5, 5.41) is 5.78. The zero-order chi connectivity index (χ0) is 28.1. The molecule has 0 bridgehead atoms. The van der Waals surface area contributed by atoms with Gasteiger partial charge >= 0.3 is 5.69 Å². The van der Waals surface area contributed by atoms with Crippen molar-refractivity contribution >= 4 is 28.4 Å². The standard InChI is InChI=1S/C29H30N4O6/c1-18(2)30-27(35)20-12-10-19(11-13-20)16-33-28(36)22-14-24(38-3)25(39-4)15-23(22)32(29(33)37)17-26(34)31-21-8-6-5-7-9-21/h5-15,18H,16-17H2,1-4H3,(H,30,35)(H,31,34). The minimum Gasteiger partial charge on any atom is -0.493 e. The number of ether oxygens (including phenoxy) is 2. The molecule has 0 spiro atoms. The first kappa shape index (κ1) is 27.2. The topological polar surface area (TPSA) is 121 Å². The summed E-state index contributed by atoms with van der Waals surface area (Å²) in [6, 6.07) is 18.5. The SMILES string of the molecule is COc1cc2c(=O)n(Cc3ccc(C(=O)NC(C)C)cc3)c(=O)n(CC(=O)Nc3ccccc3)c2cc1OC. The van der Waals surface area contributed by atoms with Crippen molar-refractivity contribution in [3.63, 3.8) is 0 Å². The molecule has 3 aromatic carbocycles. The monoisotopic (exact) mass is 530 g/mol. The fourth-order valence-corrected chi connectivity index (χ4v) is 4.19. The molecular formula is C29H30N4O6. The van der Waals surface area contributed by atoms with E-state index < -0.39 is 17.2 Å². The van der Waals surface area contributed by atoms with Crippen LogP contribution in [0.2, 0.25) is 0 Å². The number of benzene rings is 3. The molecule has 4 aromatic rings. The number of nitrogens with one attached hydrogen (secondary N) is 2.